The SMILES string of the molecule is O=C(CNC(=O)C12C[C@@H]3C[C@@H](CC(Cl)(C3)C1)C2)Nc1ccc(F)c(F)c1. The number of hydrogen-bond donors (Lipinski definition) is 2. The zero-order valence-electron chi connectivity index (χ0n) is 14.3. The monoisotopic (exact) mass is 382 g/mol. The Morgan fingerprint density at radius 3 is 2.42 bits per heavy atom. The van der Waals surface area contributed by atoms with Crippen LogP contribution in [0.2, 0.25) is 0 Å². The number of carbonyl (C=O) groups excluding carboxylic acids is 2. The van der Waals surface area contributed by atoms with Crippen LogP contribution in [0.3, 0.4) is 0 Å². The van der Waals surface area contributed by atoms with Crippen molar-refractivity contribution in [1.29, 1.82) is 0 Å². The summed E-state index contributed by atoms with van der Waals surface area (Å²) >= 11 is 6.74. The van der Waals surface area contributed by atoms with Gasteiger partial charge in [-0.3, -0.25) is 9.59 Å². The molecule has 4 fully saturated rings. The molecule has 4 aliphatic rings. The minimum atomic E-state index is -1.03. The second-order valence-electron chi connectivity index (χ2n) is 8.25. The van der Waals surface area contributed by atoms with E-state index in [1.165, 1.54) is 6.07 Å². The molecule has 7 heteroatoms. The van der Waals surface area contributed by atoms with Gasteiger partial charge in [0.05, 0.1) is 12.0 Å². The number of carbonyl (C=O) groups is 2. The van der Waals surface area contributed by atoms with Gasteiger partial charge >= 0.3 is 0 Å². The molecule has 0 aromatic heterocycles. The predicted molar refractivity (Wildman–Crippen MR) is 93.7 cm³/mol. The molecule has 0 radical (unpaired) electrons. The standard InChI is InChI=1S/C19H21ClF2N2O2/c20-19-7-11-3-12(8-19)6-18(5-11,10-19)17(26)23-9-16(25)24-13-1-2-14(21)15(22)4-13/h1-2,4,11-12H,3,5-10H2,(H,23,26)(H,24,25)/t11-,12+,18?,19?. The number of alkyl halides is 1. The molecule has 2 N–H and O–H groups in total. The zero-order valence-corrected chi connectivity index (χ0v) is 15.0. The minimum Gasteiger partial charge on any atom is -0.347 e. The Kier molecular flexibility index (Phi) is 4.21. The third kappa shape index (κ3) is 3.20. The van der Waals surface area contributed by atoms with Gasteiger partial charge in [0.2, 0.25) is 11.8 Å². The van der Waals surface area contributed by atoms with E-state index >= 15 is 0 Å². The Morgan fingerprint density at radius 1 is 1.12 bits per heavy atom. The Bertz CT molecular complexity index is 756. The van der Waals surface area contributed by atoms with E-state index in [2.05, 4.69) is 10.6 Å². The van der Waals surface area contributed by atoms with E-state index in [1.807, 2.05) is 0 Å². The van der Waals surface area contributed by atoms with Crippen LogP contribution in [0.4, 0.5) is 14.5 Å². The molecule has 4 aliphatic carbocycles. The minimum absolute atomic E-state index is 0.114. The quantitative estimate of drug-likeness (QED) is 0.782. The van der Waals surface area contributed by atoms with Gasteiger partial charge in [-0.15, -0.1) is 11.6 Å². The first-order valence-electron chi connectivity index (χ1n) is 8.99. The summed E-state index contributed by atoms with van der Waals surface area (Å²) in [4.78, 5) is 24.6. The third-order valence-corrected chi connectivity index (χ3v) is 6.53. The van der Waals surface area contributed by atoms with Gasteiger partial charge in [-0.2, -0.15) is 0 Å². The van der Waals surface area contributed by atoms with Crippen molar-refractivity contribution in [3.8, 4) is 0 Å². The van der Waals surface area contributed by atoms with E-state index in [4.69, 9.17) is 11.6 Å². The highest BCUT2D eigenvalue weighted by atomic mass is 35.5. The highest BCUT2D eigenvalue weighted by molar-refractivity contribution is 6.24. The Labute approximate surface area is 155 Å². The first-order valence-corrected chi connectivity index (χ1v) is 9.37. The predicted octanol–water partition coefficient (Wildman–Crippen LogP) is 3.60. The lowest BCUT2D eigenvalue weighted by molar-refractivity contribution is -0.145. The lowest BCUT2D eigenvalue weighted by Crippen LogP contribution is -2.58. The zero-order chi connectivity index (χ0) is 18.5. The molecule has 0 spiro atoms. The molecule has 0 saturated heterocycles. The van der Waals surface area contributed by atoms with Crippen LogP contribution in [0, 0.1) is 28.9 Å². The highest BCUT2D eigenvalue weighted by Crippen LogP contribution is 2.63. The maximum atomic E-state index is 13.2. The highest BCUT2D eigenvalue weighted by Gasteiger charge is 2.60. The number of amides is 2. The fourth-order valence-corrected chi connectivity index (χ4v) is 6.24. The van der Waals surface area contributed by atoms with Crippen LogP contribution in [0.1, 0.15) is 38.5 Å². The number of nitrogens with one attached hydrogen (secondary N) is 2. The van der Waals surface area contributed by atoms with Gasteiger partial charge < -0.3 is 10.6 Å². The van der Waals surface area contributed by atoms with E-state index in [0.29, 0.717) is 18.3 Å². The van der Waals surface area contributed by atoms with E-state index < -0.39 is 23.0 Å². The van der Waals surface area contributed by atoms with Crippen molar-refractivity contribution in [1.82, 2.24) is 5.32 Å². The number of hydrogen-bond acceptors (Lipinski definition) is 2. The Hall–Kier alpha value is -1.69. The average molecular weight is 383 g/mol. The van der Waals surface area contributed by atoms with Gasteiger partial charge in [0, 0.05) is 16.6 Å². The average Bonchev–Trinajstić information content (AvgIpc) is 2.53. The smallest absolute Gasteiger partial charge is 0.243 e. The van der Waals surface area contributed by atoms with Gasteiger partial charge in [0.15, 0.2) is 11.6 Å². The van der Waals surface area contributed by atoms with Gasteiger partial charge in [0.25, 0.3) is 0 Å². The maximum Gasteiger partial charge on any atom is 0.243 e. The maximum absolute atomic E-state index is 13.2. The molecule has 0 aliphatic heterocycles. The first kappa shape index (κ1) is 17.7. The number of rotatable bonds is 4. The van der Waals surface area contributed by atoms with Crippen LogP contribution in [-0.2, 0) is 9.59 Å². The van der Waals surface area contributed by atoms with Crippen molar-refractivity contribution >= 4 is 29.1 Å². The van der Waals surface area contributed by atoms with Crippen molar-refractivity contribution in [2.75, 3.05) is 11.9 Å². The second kappa shape index (κ2) is 6.19. The molecule has 4 bridgehead atoms. The van der Waals surface area contributed by atoms with Crippen LogP contribution >= 0.6 is 11.6 Å². The van der Waals surface area contributed by atoms with E-state index in [1.54, 1.807) is 0 Å². The van der Waals surface area contributed by atoms with Gasteiger partial charge in [0.1, 0.15) is 0 Å². The van der Waals surface area contributed by atoms with Crippen molar-refractivity contribution in [3.05, 3.63) is 29.8 Å². The van der Waals surface area contributed by atoms with E-state index in [-0.39, 0.29) is 23.0 Å². The van der Waals surface area contributed by atoms with Crippen molar-refractivity contribution in [3.63, 3.8) is 0 Å². The molecule has 4 atom stereocenters. The normalized spacial score (nSPS) is 34.6. The number of benzene rings is 1. The molecule has 26 heavy (non-hydrogen) atoms. The molecule has 0 heterocycles. The molecule has 1 aromatic carbocycles. The molecule has 4 nitrogen and oxygen atoms in total. The summed E-state index contributed by atoms with van der Waals surface area (Å²) in [6.07, 6.45) is 5.47. The lowest BCUT2D eigenvalue weighted by atomic mass is 9.49. The summed E-state index contributed by atoms with van der Waals surface area (Å²) in [7, 11) is 0. The second-order valence-corrected chi connectivity index (χ2v) is 9.05. The Balaban J connectivity index is 1.36. The van der Waals surface area contributed by atoms with Crippen LogP contribution in [0.5, 0.6) is 0 Å². The molecular formula is C19H21ClF2N2O2. The van der Waals surface area contributed by atoms with Gasteiger partial charge in [-0.05, 0) is 62.5 Å². The summed E-state index contributed by atoms with van der Waals surface area (Å²) in [6.45, 7) is -0.204. The topological polar surface area (TPSA) is 58.2 Å². The van der Waals surface area contributed by atoms with E-state index in [9.17, 15) is 18.4 Å². The molecule has 4 saturated carbocycles. The van der Waals surface area contributed by atoms with Crippen LogP contribution in [-0.4, -0.2) is 23.2 Å². The molecule has 2 unspecified atom stereocenters. The molecular weight excluding hydrogens is 362 g/mol. The molecule has 5 rings (SSSR count). The van der Waals surface area contributed by atoms with Gasteiger partial charge in [-0.25, -0.2) is 8.78 Å². The first-order chi connectivity index (χ1) is 12.3. The number of anilines is 1. The molecule has 140 valence electrons. The van der Waals surface area contributed by atoms with E-state index in [0.717, 1.165) is 44.2 Å². The lowest BCUT2D eigenvalue weighted by Gasteiger charge is -2.59. The molecule has 1 aromatic rings. The fourth-order valence-electron chi connectivity index (χ4n) is 5.54. The van der Waals surface area contributed by atoms with Gasteiger partial charge in [-0.1, -0.05) is 0 Å². The summed E-state index contributed by atoms with van der Waals surface area (Å²) in [6, 6.07) is 3.12. The summed E-state index contributed by atoms with van der Waals surface area (Å²) in [5, 5.41) is 5.19. The van der Waals surface area contributed by atoms with Crippen LogP contribution in [0.15, 0.2) is 18.2 Å². The molecule has 2 amide bonds. The van der Waals surface area contributed by atoms with Crippen molar-refractivity contribution in [2.24, 2.45) is 17.3 Å². The summed E-state index contributed by atoms with van der Waals surface area (Å²) in [5.74, 6) is -1.61. The number of halogens is 3. The van der Waals surface area contributed by atoms with Crippen molar-refractivity contribution < 1.29 is 18.4 Å². The van der Waals surface area contributed by atoms with Crippen LogP contribution < -0.4 is 10.6 Å². The van der Waals surface area contributed by atoms with Crippen LogP contribution in [0.25, 0.3) is 0 Å². The van der Waals surface area contributed by atoms with Crippen molar-refractivity contribution in [2.45, 2.75) is 43.4 Å². The Morgan fingerprint density at radius 2 is 1.81 bits per heavy atom. The summed E-state index contributed by atoms with van der Waals surface area (Å²) < 4.78 is 26.1. The third-order valence-electron chi connectivity index (χ3n) is 6.08. The fraction of sp³-hybridized carbons (Fsp3) is 0.579. The largest absolute Gasteiger partial charge is 0.347 e. The summed E-state index contributed by atoms with van der Waals surface area (Å²) in [5.41, 5.74) is -0.314.